The summed E-state index contributed by atoms with van der Waals surface area (Å²) < 4.78 is 5.63. The highest BCUT2D eigenvalue weighted by molar-refractivity contribution is 7.80. The quantitative estimate of drug-likeness (QED) is 0.288. The summed E-state index contributed by atoms with van der Waals surface area (Å²) in [6, 6.07) is 14.5. The van der Waals surface area contributed by atoms with E-state index in [9.17, 15) is 9.59 Å². The molecule has 0 aliphatic carbocycles. The molecule has 0 bridgehead atoms. The summed E-state index contributed by atoms with van der Waals surface area (Å²) in [7, 11) is 1.34. The highest BCUT2D eigenvalue weighted by Crippen LogP contribution is 2.35. The maximum atomic E-state index is 12.6. The van der Waals surface area contributed by atoms with E-state index in [4.69, 9.17) is 28.6 Å². The number of methoxy groups -OCH3 is 1. The number of thiophene rings is 1. The number of carbonyl (C=O) groups is 2. The standard InChI is InChI=1S/C21H14ClN3O3S3/c1-28-19(27)12-8-6-11(7-9-12)14-10-30-21(23-14)25-20(29)24-18(26)17-16(22)13-4-2-3-5-15(13)31-17/h2-10H,1H3,(H2,23,24,25,26,29). The number of ether oxygens (including phenoxy) is 1. The number of esters is 1. The number of fused-ring (bicyclic) bond motifs is 1. The van der Waals surface area contributed by atoms with Crippen LogP contribution in [-0.2, 0) is 4.74 Å². The van der Waals surface area contributed by atoms with Crippen LogP contribution < -0.4 is 10.6 Å². The number of anilines is 1. The van der Waals surface area contributed by atoms with Gasteiger partial charge in [0.25, 0.3) is 5.91 Å². The number of nitrogens with zero attached hydrogens (tertiary/aromatic N) is 1. The molecule has 2 aromatic carbocycles. The molecule has 6 nitrogen and oxygen atoms in total. The third-order valence-electron chi connectivity index (χ3n) is 4.29. The average Bonchev–Trinajstić information content (AvgIpc) is 3.38. The zero-order valence-electron chi connectivity index (χ0n) is 16.0. The summed E-state index contributed by atoms with van der Waals surface area (Å²) in [6.45, 7) is 0. The van der Waals surface area contributed by atoms with Gasteiger partial charge in [-0.3, -0.25) is 10.1 Å². The van der Waals surface area contributed by atoms with Gasteiger partial charge in [0.05, 0.1) is 23.4 Å². The number of hydrogen-bond acceptors (Lipinski definition) is 7. The molecule has 0 spiro atoms. The van der Waals surface area contributed by atoms with Gasteiger partial charge in [-0.1, -0.05) is 41.9 Å². The average molecular weight is 488 g/mol. The molecule has 4 rings (SSSR count). The molecule has 1 amide bonds. The molecule has 0 unspecified atom stereocenters. The Morgan fingerprint density at radius 1 is 1.13 bits per heavy atom. The number of thiazole rings is 1. The normalized spacial score (nSPS) is 10.6. The fraction of sp³-hybridized carbons (Fsp3) is 0.0476. The van der Waals surface area contributed by atoms with Crippen molar-refractivity contribution >= 4 is 78.7 Å². The third kappa shape index (κ3) is 4.59. The van der Waals surface area contributed by atoms with E-state index in [2.05, 4.69) is 15.6 Å². The molecule has 0 saturated carbocycles. The molecular weight excluding hydrogens is 474 g/mol. The van der Waals surface area contributed by atoms with E-state index in [1.165, 1.54) is 29.8 Å². The van der Waals surface area contributed by atoms with E-state index in [-0.39, 0.29) is 11.0 Å². The highest BCUT2D eigenvalue weighted by atomic mass is 35.5. The summed E-state index contributed by atoms with van der Waals surface area (Å²) in [5, 5.41) is 9.31. The minimum atomic E-state index is -0.396. The largest absolute Gasteiger partial charge is 0.465 e. The van der Waals surface area contributed by atoms with Crippen molar-refractivity contribution in [3.8, 4) is 11.3 Å². The molecular formula is C21H14ClN3O3S3. The Bertz CT molecular complexity index is 1300. The molecule has 2 aromatic heterocycles. The maximum Gasteiger partial charge on any atom is 0.337 e. The molecule has 0 fully saturated rings. The number of nitrogens with one attached hydrogen (secondary N) is 2. The smallest absolute Gasteiger partial charge is 0.337 e. The van der Waals surface area contributed by atoms with Crippen LogP contribution in [-0.4, -0.2) is 29.1 Å². The summed E-state index contributed by atoms with van der Waals surface area (Å²) in [5.41, 5.74) is 2.01. The van der Waals surface area contributed by atoms with Gasteiger partial charge in [-0.25, -0.2) is 9.78 Å². The number of halogens is 1. The molecule has 4 aromatic rings. The Morgan fingerprint density at radius 2 is 1.87 bits per heavy atom. The second-order valence-corrected chi connectivity index (χ2v) is 8.95. The first kappa shape index (κ1) is 21.4. The summed E-state index contributed by atoms with van der Waals surface area (Å²) in [5.74, 6) is -0.772. The highest BCUT2D eigenvalue weighted by Gasteiger charge is 2.18. The zero-order chi connectivity index (χ0) is 22.0. The van der Waals surface area contributed by atoms with Crippen LogP contribution in [0.25, 0.3) is 21.3 Å². The van der Waals surface area contributed by atoms with Crippen molar-refractivity contribution in [2.45, 2.75) is 0 Å². The molecule has 31 heavy (non-hydrogen) atoms. The lowest BCUT2D eigenvalue weighted by Gasteiger charge is -2.06. The summed E-state index contributed by atoms with van der Waals surface area (Å²) in [4.78, 5) is 29.0. The van der Waals surface area contributed by atoms with E-state index in [0.29, 0.717) is 26.3 Å². The van der Waals surface area contributed by atoms with Crippen LogP contribution in [0.2, 0.25) is 5.02 Å². The molecule has 0 radical (unpaired) electrons. The van der Waals surface area contributed by atoms with Crippen molar-refractivity contribution in [2.24, 2.45) is 0 Å². The lowest BCUT2D eigenvalue weighted by molar-refractivity contribution is 0.0600. The van der Waals surface area contributed by atoms with Crippen molar-refractivity contribution in [2.75, 3.05) is 12.4 Å². The molecule has 156 valence electrons. The summed E-state index contributed by atoms with van der Waals surface area (Å²) >= 11 is 14.3. The number of hydrogen-bond donors (Lipinski definition) is 2. The first-order chi connectivity index (χ1) is 15.0. The first-order valence-corrected chi connectivity index (χ1v) is 11.4. The maximum absolute atomic E-state index is 12.6. The minimum absolute atomic E-state index is 0.125. The number of carbonyl (C=O) groups excluding carboxylic acids is 2. The van der Waals surface area contributed by atoms with Gasteiger partial charge < -0.3 is 10.1 Å². The lowest BCUT2D eigenvalue weighted by atomic mass is 10.1. The molecule has 0 saturated heterocycles. The first-order valence-electron chi connectivity index (χ1n) is 8.90. The fourth-order valence-corrected chi connectivity index (χ4v) is 5.20. The van der Waals surface area contributed by atoms with E-state index in [0.717, 1.165) is 15.6 Å². The van der Waals surface area contributed by atoms with Crippen LogP contribution in [0, 0.1) is 0 Å². The third-order valence-corrected chi connectivity index (χ3v) is 6.93. The number of thiocarbonyl (C=S) groups is 1. The van der Waals surface area contributed by atoms with Crippen LogP contribution >= 0.6 is 46.5 Å². The Morgan fingerprint density at radius 3 is 2.58 bits per heavy atom. The summed E-state index contributed by atoms with van der Waals surface area (Å²) in [6.07, 6.45) is 0. The second kappa shape index (κ2) is 9.11. The van der Waals surface area contributed by atoms with Gasteiger partial charge in [0.1, 0.15) is 4.88 Å². The van der Waals surface area contributed by atoms with Crippen molar-refractivity contribution in [3.63, 3.8) is 0 Å². The zero-order valence-corrected chi connectivity index (χ0v) is 19.2. The van der Waals surface area contributed by atoms with Crippen LogP contribution in [0.3, 0.4) is 0 Å². The van der Waals surface area contributed by atoms with Gasteiger partial charge in [0, 0.05) is 21.0 Å². The van der Waals surface area contributed by atoms with Gasteiger partial charge in [0.15, 0.2) is 10.2 Å². The van der Waals surface area contributed by atoms with Crippen molar-refractivity contribution < 1.29 is 14.3 Å². The topological polar surface area (TPSA) is 80.3 Å². The second-order valence-electron chi connectivity index (χ2n) is 6.26. The van der Waals surface area contributed by atoms with Gasteiger partial charge in [0.2, 0.25) is 0 Å². The molecule has 0 aliphatic rings. The van der Waals surface area contributed by atoms with E-state index in [1.807, 2.05) is 29.6 Å². The molecule has 10 heteroatoms. The minimum Gasteiger partial charge on any atom is -0.465 e. The molecule has 0 aliphatic heterocycles. The lowest BCUT2D eigenvalue weighted by Crippen LogP contribution is -2.33. The molecule has 2 N–H and O–H groups in total. The van der Waals surface area contributed by atoms with E-state index in [1.54, 1.807) is 24.3 Å². The SMILES string of the molecule is COC(=O)c1ccc(-c2csc(NC(=S)NC(=O)c3sc4ccccc4c3Cl)n2)cc1. The van der Waals surface area contributed by atoms with Crippen molar-refractivity contribution in [3.05, 3.63) is 69.4 Å². The van der Waals surface area contributed by atoms with Crippen LogP contribution in [0.15, 0.2) is 53.9 Å². The Kier molecular flexibility index (Phi) is 6.28. The number of benzene rings is 2. The fourth-order valence-electron chi connectivity index (χ4n) is 2.81. The van der Waals surface area contributed by atoms with Crippen molar-refractivity contribution in [1.29, 1.82) is 0 Å². The number of rotatable bonds is 4. The van der Waals surface area contributed by atoms with Crippen LogP contribution in [0.5, 0.6) is 0 Å². The van der Waals surface area contributed by atoms with Gasteiger partial charge in [-0.2, -0.15) is 0 Å². The van der Waals surface area contributed by atoms with E-state index < -0.39 is 5.97 Å². The van der Waals surface area contributed by atoms with Crippen LogP contribution in [0.4, 0.5) is 5.13 Å². The van der Waals surface area contributed by atoms with Crippen LogP contribution in [0.1, 0.15) is 20.0 Å². The Balaban J connectivity index is 1.42. The van der Waals surface area contributed by atoms with Gasteiger partial charge in [-0.05, 0) is 30.4 Å². The van der Waals surface area contributed by atoms with Gasteiger partial charge in [-0.15, -0.1) is 22.7 Å². The monoisotopic (exact) mass is 487 g/mol. The van der Waals surface area contributed by atoms with Crippen molar-refractivity contribution in [1.82, 2.24) is 10.3 Å². The molecule has 2 heterocycles. The number of aromatic nitrogens is 1. The number of amides is 1. The Labute approximate surface area is 195 Å². The Hall–Kier alpha value is -2.85. The van der Waals surface area contributed by atoms with Gasteiger partial charge >= 0.3 is 5.97 Å². The predicted molar refractivity (Wildman–Crippen MR) is 129 cm³/mol. The molecule has 0 atom stereocenters. The van der Waals surface area contributed by atoms with E-state index >= 15 is 0 Å². The predicted octanol–water partition coefficient (Wildman–Crippen LogP) is 5.59.